The molecule has 0 saturated carbocycles. The number of nitrogens with zero attached hydrogens (tertiary/aromatic N) is 1. The quantitative estimate of drug-likeness (QED) is 0.785. The van der Waals surface area contributed by atoms with Gasteiger partial charge in [-0.1, -0.05) is 18.2 Å². The molecule has 1 atom stereocenters. The SMILES string of the molecule is CCOC(=O)[C@@H]1CCCN(C(=O)CCc2ccccc2F)C1. The van der Waals surface area contributed by atoms with Crippen LogP contribution in [0, 0.1) is 11.7 Å². The lowest BCUT2D eigenvalue weighted by Gasteiger charge is -2.31. The van der Waals surface area contributed by atoms with Gasteiger partial charge in [-0.25, -0.2) is 4.39 Å². The predicted molar refractivity (Wildman–Crippen MR) is 80.7 cm³/mol. The summed E-state index contributed by atoms with van der Waals surface area (Å²) in [5, 5.41) is 0. The first-order chi connectivity index (χ1) is 10.6. The largest absolute Gasteiger partial charge is 0.466 e. The van der Waals surface area contributed by atoms with E-state index in [0.29, 0.717) is 31.7 Å². The van der Waals surface area contributed by atoms with E-state index in [1.807, 2.05) is 0 Å². The van der Waals surface area contributed by atoms with Crippen LogP contribution in [-0.4, -0.2) is 36.5 Å². The molecule has 0 unspecified atom stereocenters. The Labute approximate surface area is 130 Å². The van der Waals surface area contributed by atoms with E-state index >= 15 is 0 Å². The highest BCUT2D eigenvalue weighted by atomic mass is 19.1. The van der Waals surface area contributed by atoms with Crippen LogP contribution in [-0.2, 0) is 20.7 Å². The highest BCUT2D eigenvalue weighted by molar-refractivity contribution is 5.78. The number of esters is 1. The summed E-state index contributed by atoms with van der Waals surface area (Å²) in [6, 6.07) is 6.49. The van der Waals surface area contributed by atoms with Crippen molar-refractivity contribution in [2.24, 2.45) is 5.92 Å². The smallest absolute Gasteiger partial charge is 0.310 e. The maximum absolute atomic E-state index is 13.5. The molecule has 0 N–H and O–H groups in total. The first-order valence-corrected chi connectivity index (χ1v) is 7.79. The van der Waals surface area contributed by atoms with Gasteiger partial charge in [-0.3, -0.25) is 9.59 Å². The number of likely N-dealkylation sites (tertiary alicyclic amines) is 1. The van der Waals surface area contributed by atoms with Gasteiger partial charge < -0.3 is 9.64 Å². The zero-order valence-corrected chi connectivity index (χ0v) is 12.9. The van der Waals surface area contributed by atoms with Gasteiger partial charge in [0, 0.05) is 19.5 Å². The summed E-state index contributed by atoms with van der Waals surface area (Å²) < 4.78 is 18.6. The molecule has 0 radical (unpaired) electrons. The van der Waals surface area contributed by atoms with Gasteiger partial charge >= 0.3 is 5.97 Å². The monoisotopic (exact) mass is 307 g/mol. The van der Waals surface area contributed by atoms with Gasteiger partial charge in [0.15, 0.2) is 0 Å². The van der Waals surface area contributed by atoms with Crippen LogP contribution in [0.5, 0.6) is 0 Å². The van der Waals surface area contributed by atoms with Crippen molar-refractivity contribution in [3.8, 4) is 0 Å². The fourth-order valence-corrected chi connectivity index (χ4v) is 2.76. The predicted octanol–water partition coefficient (Wildman–Crippen LogP) is 2.56. The van der Waals surface area contributed by atoms with Gasteiger partial charge in [-0.05, 0) is 37.8 Å². The maximum Gasteiger partial charge on any atom is 0.310 e. The lowest BCUT2D eigenvalue weighted by molar-refractivity contribution is -0.151. The molecule has 1 fully saturated rings. The molecule has 1 heterocycles. The number of hydrogen-bond donors (Lipinski definition) is 0. The highest BCUT2D eigenvalue weighted by Gasteiger charge is 2.29. The maximum atomic E-state index is 13.5. The molecule has 0 spiro atoms. The molecule has 1 amide bonds. The molecule has 1 aliphatic rings. The highest BCUT2D eigenvalue weighted by Crippen LogP contribution is 2.19. The van der Waals surface area contributed by atoms with Crippen molar-refractivity contribution in [2.75, 3.05) is 19.7 Å². The Hall–Kier alpha value is -1.91. The van der Waals surface area contributed by atoms with Crippen LogP contribution in [0.4, 0.5) is 4.39 Å². The molecule has 1 saturated heterocycles. The number of carbonyl (C=O) groups is 2. The van der Waals surface area contributed by atoms with E-state index in [-0.39, 0.29) is 30.0 Å². The molecule has 5 heteroatoms. The average molecular weight is 307 g/mol. The lowest BCUT2D eigenvalue weighted by Crippen LogP contribution is -2.42. The van der Waals surface area contributed by atoms with Gasteiger partial charge in [0.2, 0.25) is 5.91 Å². The number of carbonyl (C=O) groups excluding carboxylic acids is 2. The van der Waals surface area contributed by atoms with Crippen molar-refractivity contribution in [3.63, 3.8) is 0 Å². The van der Waals surface area contributed by atoms with E-state index in [2.05, 4.69) is 0 Å². The van der Waals surface area contributed by atoms with Crippen LogP contribution in [0.2, 0.25) is 0 Å². The lowest BCUT2D eigenvalue weighted by atomic mass is 9.97. The van der Waals surface area contributed by atoms with Crippen LogP contribution in [0.25, 0.3) is 0 Å². The Kier molecular flexibility index (Phi) is 5.92. The van der Waals surface area contributed by atoms with Crippen molar-refractivity contribution in [1.29, 1.82) is 0 Å². The first-order valence-electron chi connectivity index (χ1n) is 7.79. The molecular weight excluding hydrogens is 285 g/mol. The molecule has 4 nitrogen and oxygen atoms in total. The van der Waals surface area contributed by atoms with Gasteiger partial charge in [0.1, 0.15) is 5.82 Å². The topological polar surface area (TPSA) is 46.6 Å². The van der Waals surface area contributed by atoms with Crippen LogP contribution < -0.4 is 0 Å². The van der Waals surface area contributed by atoms with E-state index in [1.165, 1.54) is 6.07 Å². The molecule has 22 heavy (non-hydrogen) atoms. The number of piperidine rings is 1. The molecule has 1 aromatic rings. The fourth-order valence-electron chi connectivity index (χ4n) is 2.76. The van der Waals surface area contributed by atoms with E-state index in [9.17, 15) is 14.0 Å². The van der Waals surface area contributed by atoms with Gasteiger partial charge in [-0.2, -0.15) is 0 Å². The van der Waals surface area contributed by atoms with Crippen molar-refractivity contribution < 1.29 is 18.7 Å². The summed E-state index contributed by atoms with van der Waals surface area (Å²) >= 11 is 0. The Morgan fingerprint density at radius 2 is 2.14 bits per heavy atom. The zero-order chi connectivity index (χ0) is 15.9. The van der Waals surface area contributed by atoms with Crippen LogP contribution in [0.3, 0.4) is 0 Å². The third kappa shape index (κ3) is 4.29. The average Bonchev–Trinajstić information content (AvgIpc) is 2.54. The Morgan fingerprint density at radius 3 is 2.86 bits per heavy atom. The van der Waals surface area contributed by atoms with Crippen LogP contribution >= 0.6 is 0 Å². The molecule has 0 bridgehead atoms. The van der Waals surface area contributed by atoms with Gasteiger partial charge in [-0.15, -0.1) is 0 Å². The second kappa shape index (κ2) is 7.92. The van der Waals surface area contributed by atoms with E-state index in [0.717, 1.165) is 12.8 Å². The Bertz CT molecular complexity index is 532. The molecule has 1 aliphatic heterocycles. The van der Waals surface area contributed by atoms with Gasteiger partial charge in [0.25, 0.3) is 0 Å². The Morgan fingerprint density at radius 1 is 1.36 bits per heavy atom. The normalized spacial score (nSPS) is 18.1. The van der Waals surface area contributed by atoms with Crippen LogP contribution in [0.15, 0.2) is 24.3 Å². The third-order valence-corrected chi connectivity index (χ3v) is 3.96. The first kappa shape index (κ1) is 16.5. The number of benzene rings is 1. The van der Waals surface area contributed by atoms with Gasteiger partial charge in [0.05, 0.1) is 12.5 Å². The minimum atomic E-state index is -0.279. The number of aryl methyl sites for hydroxylation is 1. The summed E-state index contributed by atoms with van der Waals surface area (Å²) in [6.07, 6.45) is 2.20. The standard InChI is InChI=1S/C17H22FNO3/c1-2-22-17(21)14-7-5-11-19(12-14)16(20)10-9-13-6-3-4-8-15(13)18/h3-4,6,8,14H,2,5,7,9-12H2,1H3/t14-/m1/s1. The van der Waals surface area contributed by atoms with Crippen molar-refractivity contribution >= 4 is 11.9 Å². The van der Waals surface area contributed by atoms with Crippen LogP contribution in [0.1, 0.15) is 31.7 Å². The summed E-state index contributed by atoms with van der Waals surface area (Å²) in [6.45, 7) is 3.20. The van der Waals surface area contributed by atoms with Crippen molar-refractivity contribution in [2.45, 2.75) is 32.6 Å². The number of ether oxygens (including phenoxy) is 1. The third-order valence-electron chi connectivity index (χ3n) is 3.96. The molecule has 0 aromatic heterocycles. The molecule has 120 valence electrons. The van der Waals surface area contributed by atoms with Crippen molar-refractivity contribution in [3.05, 3.63) is 35.6 Å². The molecule has 1 aromatic carbocycles. The molecule has 2 rings (SSSR count). The molecular formula is C17H22FNO3. The minimum absolute atomic E-state index is 0.0303. The Balaban J connectivity index is 1.87. The van der Waals surface area contributed by atoms with E-state index < -0.39 is 0 Å². The number of amides is 1. The minimum Gasteiger partial charge on any atom is -0.466 e. The summed E-state index contributed by atoms with van der Waals surface area (Å²) in [5.74, 6) is -0.768. The molecule has 0 aliphatic carbocycles. The number of rotatable bonds is 5. The number of hydrogen-bond acceptors (Lipinski definition) is 3. The van der Waals surface area contributed by atoms with E-state index in [4.69, 9.17) is 4.74 Å². The summed E-state index contributed by atoms with van der Waals surface area (Å²) in [7, 11) is 0. The fraction of sp³-hybridized carbons (Fsp3) is 0.529. The van der Waals surface area contributed by atoms with Crippen molar-refractivity contribution in [1.82, 2.24) is 4.90 Å². The summed E-state index contributed by atoms with van der Waals surface area (Å²) in [4.78, 5) is 25.7. The summed E-state index contributed by atoms with van der Waals surface area (Å²) in [5.41, 5.74) is 0.551. The number of halogens is 1. The second-order valence-electron chi connectivity index (χ2n) is 5.52. The van der Waals surface area contributed by atoms with E-state index in [1.54, 1.807) is 30.0 Å². The second-order valence-corrected chi connectivity index (χ2v) is 5.52. The zero-order valence-electron chi connectivity index (χ0n) is 12.9.